The second kappa shape index (κ2) is 5.89. The van der Waals surface area contributed by atoms with Gasteiger partial charge in [-0.3, -0.25) is 0 Å². The molecule has 3 heteroatoms. The highest BCUT2D eigenvalue weighted by Gasteiger charge is 2.32. The van der Waals surface area contributed by atoms with E-state index in [4.69, 9.17) is 0 Å². The monoisotopic (exact) mass is 252 g/mol. The number of fused-ring (bicyclic) bond motifs is 1. The minimum absolute atomic E-state index is 0.396. The highest BCUT2D eigenvalue weighted by molar-refractivity contribution is 4.90. The van der Waals surface area contributed by atoms with Crippen LogP contribution in [0.4, 0.5) is 0 Å². The predicted octanol–water partition coefficient (Wildman–Crippen LogP) is 1.61. The van der Waals surface area contributed by atoms with Gasteiger partial charge < -0.3 is 15.3 Å². The molecule has 3 rings (SSSR count). The van der Waals surface area contributed by atoms with Gasteiger partial charge in [0.05, 0.1) is 0 Å². The number of nitrogens with one attached hydrogen (secondary N) is 1. The summed E-state index contributed by atoms with van der Waals surface area (Å²) < 4.78 is 0. The fourth-order valence-corrected chi connectivity index (χ4v) is 4.35. The van der Waals surface area contributed by atoms with E-state index >= 15 is 0 Å². The van der Waals surface area contributed by atoms with Crippen molar-refractivity contribution in [1.82, 2.24) is 10.2 Å². The van der Waals surface area contributed by atoms with Gasteiger partial charge in [-0.15, -0.1) is 0 Å². The van der Waals surface area contributed by atoms with Gasteiger partial charge >= 0.3 is 0 Å². The average Bonchev–Trinajstić information content (AvgIpc) is 3.04. The van der Waals surface area contributed by atoms with E-state index in [1.165, 1.54) is 58.0 Å². The van der Waals surface area contributed by atoms with Gasteiger partial charge in [0.2, 0.25) is 0 Å². The zero-order chi connectivity index (χ0) is 12.4. The fourth-order valence-electron chi connectivity index (χ4n) is 4.35. The minimum atomic E-state index is 0.396. The molecule has 3 aliphatic rings. The summed E-state index contributed by atoms with van der Waals surface area (Å²) >= 11 is 0. The van der Waals surface area contributed by atoms with E-state index in [0.717, 1.165) is 24.5 Å². The second-order valence-electron chi connectivity index (χ2n) is 6.60. The first-order valence-corrected chi connectivity index (χ1v) is 7.95. The molecule has 1 saturated carbocycles. The van der Waals surface area contributed by atoms with Gasteiger partial charge in [0.25, 0.3) is 0 Å². The standard InChI is InChI=1S/C15H28N2O/c18-11-13-4-1-3-12(13)10-16-14-6-8-17-7-2-5-15(17)9-14/h12-16,18H,1-11H2. The van der Waals surface area contributed by atoms with Crippen LogP contribution in [-0.4, -0.2) is 48.3 Å². The van der Waals surface area contributed by atoms with Gasteiger partial charge in [-0.1, -0.05) is 6.42 Å². The van der Waals surface area contributed by atoms with Crippen LogP contribution in [0.2, 0.25) is 0 Å². The topological polar surface area (TPSA) is 35.5 Å². The third-order valence-corrected chi connectivity index (χ3v) is 5.54. The summed E-state index contributed by atoms with van der Waals surface area (Å²) in [5, 5.41) is 13.2. The first kappa shape index (κ1) is 12.9. The molecule has 4 atom stereocenters. The normalized spacial score (nSPS) is 41.2. The highest BCUT2D eigenvalue weighted by Crippen LogP contribution is 2.31. The number of piperidine rings is 1. The Morgan fingerprint density at radius 1 is 1.00 bits per heavy atom. The SMILES string of the molecule is OCC1CCCC1CNC1CCN2CCCC2C1. The minimum Gasteiger partial charge on any atom is -0.396 e. The van der Waals surface area contributed by atoms with E-state index in [1.54, 1.807) is 0 Å². The average molecular weight is 252 g/mol. The predicted molar refractivity (Wildman–Crippen MR) is 73.5 cm³/mol. The van der Waals surface area contributed by atoms with Crippen molar-refractivity contribution in [3.63, 3.8) is 0 Å². The van der Waals surface area contributed by atoms with Gasteiger partial charge in [-0.05, 0) is 70.0 Å². The third-order valence-electron chi connectivity index (χ3n) is 5.54. The van der Waals surface area contributed by atoms with Crippen molar-refractivity contribution < 1.29 is 5.11 Å². The zero-order valence-electron chi connectivity index (χ0n) is 11.5. The summed E-state index contributed by atoms with van der Waals surface area (Å²) in [6.45, 7) is 4.18. The van der Waals surface area contributed by atoms with Crippen LogP contribution in [0.1, 0.15) is 44.9 Å². The lowest BCUT2D eigenvalue weighted by atomic mass is 9.94. The van der Waals surface area contributed by atoms with E-state index in [1.807, 2.05) is 0 Å². The maximum Gasteiger partial charge on any atom is 0.0462 e. The van der Waals surface area contributed by atoms with Crippen molar-refractivity contribution in [2.75, 3.05) is 26.2 Å². The van der Waals surface area contributed by atoms with Crippen LogP contribution in [0.15, 0.2) is 0 Å². The smallest absolute Gasteiger partial charge is 0.0462 e. The summed E-state index contributed by atoms with van der Waals surface area (Å²) in [6.07, 6.45) is 9.39. The van der Waals surface area contributed by atoms with Gasteiger partial charge in [0.15, 0.2) is 0 Å². The van der Waals surface area contributed by atoms with Crippen LogP contribution in [0.3, 0.4) is 0 Å². The van der Waals surface area contributed by atoms with Crippen LogP contribution in [0.5, 0.6) is 0 Å². The summed E-state index contributed by atoms with van der Waals surface area (Å²) in [6, 6.07) is 1.61. The Bertz CT molecular complexity index is 271. The molecular weight excluding hydrogens is 224 g/mol. The number of hydrogen-bond acceptors (Lipinski definition) is 3. The third kappa shape index (κ3) is 2.73. The van der Waals surface area contributed by atoms with E-state index in [-0.39, 0.29) is 0 Å². The molecule has 2 saturated heterocycles. The lowest BCUT2D eigenvalue weighted by Crippen LogP contribution is -2.47. The van der Waals surface area contributed by atoms with Crippen LogP contribution in [-0.2, 0) is 0 Å². The maximum absolute atomic E-state index is 9.36. The summed E-state index contributed by atoms with van der Waals surface area (Å²) in [5.74, 6) is 1.31. The molecule has 0 amide bonds. The molecule has 1 aliphatic carbocycles. The maximum atomic E-state index is 9.36. The molecule has 0 bridgehead atoms. The van der Waals surface area contributed by atoms with Crippen molar-refractivity contribution in [3.8, 4) is 0 Å². The first-order chi connectivity index (χ1) is 8.86. The quantitative estimate of drug-likeness (QED) is 0.798. The zero-order valence-corrected chi connectivity index (χ0v) is 11.5. The lowest BCUT2D eigenvalue weighted by molar-refractivity contribution is 0.154. The van der Waals surface area contributed by atoms with Crippen molar-refractivity contribution in [1.29, 1.82) is 0 Å². The molecule has 2 N–H and O–H groups in total. The molecule has 3 nitrogen and oxygen atoms in total. The number of rotatable bonds is 4. The van der Waals surface area contributed by atoms with Gasteiger partial charge in [-0.25, -0.2) is 0 Å². The summed E-state index contributed by atoms with van der Waals surface area (Å²) in [7, 11) is 0. The largest absolute Gasteiger partial charge is 0.396 e. The molecule has 104 valence electrons. The van der Waals surface area contributed by atoms with Gasteiger partial charge in [0, 0.05) is 18.7 Å². The highest BCUT2D eigenvalue weighted by atomic mass is 16.3. The molecule has 18 heavy (non-hydrogen) atoms. The van der Waals surface area contributed by atoms with E-state index in [9.17, 15) is 5.11 Å². The second-order valence-corrected chi connectivity index (χ2v) is 6.60. The van der Waals surface area contributed by atoms with Gasteiger partial charge in [-0.2, -0.15) is 0 Å². The van der Waals surface area contributed by atoms with Crippen LogP contribution < -0.4 is 5.32 Å². The Morgan fingerprint density at radius 3 is 2.78 bits per heavy atom. The lowest BCUT2D eigenvalue weighted by Gasteiger charge is -2.36. The van der Waals surface area contributed by atoms with Crippen LogP contribution in [0.25, 0.3) is 0 Å². The summed E-state index contributed by atoms with van der Waals surface area (Å²) in [5.41, 5.74) is 0. The molecular formula is C15H28N2O. The Morgan fingerprint density at radius 2 is 1.89 bits per heavy atom. The first-order valence-electron chi connectivity index (χ1n) is 7.95. The Hall–Kier alpha value is -0.120. The molecule has 0 aromatic heterocycles. The van der Waals surface area contributed by atoms with Crippen molar-refractivity contribution in [3.05, 3.63) is 0 Å². The molecule has 2 heterocycles. The molecule has 0 spiro atoms. The van der Waals surface area contributed by atoms with Gasteiger partial charge in [0.1, 0.15) is 0 Å². The van der Waals surface area contributed by atoms with Crippen molar-refractivity contribution in [2.45, 2.75) is 57.0 Å². The number of hydrogen-bond donors (Lipinski definition) is 2. The van der Waals surface area contributed by atoms with Crippen LogP contribution >= 0.6 is 0 Å². The van der Waals surface area contributed by atoms with Crippen molar-refractivity contribution >= 4 is 0 Å². The van der Waals surface area contributed by atoms with E-state index in [2.05, 4.69) is 10.2 Å². The molecule has 4 unspecified atom stereocenters. The number of nitrogens with zero attached hydrogens (tertiary/aromatic N) is 1. The summed E-state index contributed by atoms with van der Waals surface area (Å²) in [4.78, 5) is 2.68. The Kier molecular flexibility index (Phi) is 4.22. The fraction of sp³-hybridized carbons (Fsp3) is 1.00. The Balaban J connectivity index is 1.43. The van der Waals surface area contributed by atoms with E-state index in [0.29, 0.717) is 12.5 Å². The molecule has 0 aromatic rings. The Labute approximate surface area is 111 Å². The number of aliphatic hydroxyl groups excluding tert-OH is 1. The molecule has 3 fully saturated rings. The molecule has 0 aromatic carbocycles. The molecule has 0 radical (unpaired) electrons. The van der Waals surface area contributed by atoms with E-state index < -0.39 is 0 Å². The number of aliphatic hydroxyl groups is 1. The van der Waals surface area contributed by atoms with Crippen molar-refractivity contribution in [2.24, 2.45) is 11.8 Å². The van der Waals surface area contributed by atoms with Crippen LogP contribution in [0, 0.1) is 11.8 Å². The molecule has 2 aliphatic heterocycles.